The predicted molar refractivity (Wildman–Crippen MR) is 79.5 cm³/mol. The van der Waals surface area contributed by atoms with Crippen LogP contribution in [0.2, 0.25) is 0 Å². The highest BCUT2D eigenvalue weighted by molar-refractivity contribution is 5.86. The van der Waals surface area contributed by atoms with Gasteiger partial charge in [-0.25, -0.2) is 9.97 Å². The van der Waals surface area contributed by atoms with Crippen molar-refractivity contribution in [2.24, 2.45) is 13.0 Å². The Morgan fingerprint density at radius 3 is 2.75 bits per heavy atom. The Morgan fingerprint density at radius 1 is 1.30 bits per heavy atom. The van der Waals surface area contributed by atoms with Crippen molar-refractivity contribution in [2.75, 3.05) is 25.5 Å². The van der Waals surface area contributed by atoms with E-state index in [1.807, 2.05) is 20.3 Å². The smallest absolute Gasteiger partial charge is 0.163 e. The van der Waals surface area contributed by atoms with Crippen LogP contribution >= 0.6 is 0 Å². The number of fused-ring (bicyclic) bond motifs is 1. The molecule has 1 N–H and O–H groups in total. The summed E-state index contributed by atoms with van der Waals surface area (Å²) < 4.78 is 1.81. The van der Waals surface area contributed by atoms with Crippen LogP contribution in [0.25, 0.3) is 11.0 Å². The zero-order valence-electron chi connectivity index (χ0n) is 12.4. The van der Waals surface area contributed by atoms with Crippen LogP contribution in [0.3, 0.4) is 0 Å². The third-order valence-electron chi connectivity index (χ3n) is 4.12. The average Bonchev–Trinajstić information content (AvgIpc) is 2.82. The van der Waals surface area contributed by atoms with Crippen molar-refractivity contribution in [3.8, 4) is 0 Å². The zero-order valence-corrected chi connectivity index (χ0v) is 12.4. The van der Waals surface area contributed by atoms with E-state index in [9.17, 15) is 0 Å². The Balaban J connectivity index is 1.86. The summed E-state index contributed by atoms with van der Waals surface area (Å²) in [6.45, 7) is 5.43. The van der Waals surface area contributed by atoms with Crippen LogP contribution in [0, 0.1) is 5.92 Å². The van der Waals surface area contributed by atoms with Crippen molar-refractivity contribution in [1.29, 1.82) is 0 Å². The lowest BCUT2D eigenvalue weighted by atomic mass is 9.99. The van der Waals surface area contributed by atoms with Crippen LogP contribution in [0.1, 0.15) is 25.6 Å². The summed E-state index contributed by atoms with van der Waals surface area (Å²) in [6, 6.07) is 0. The first kappa shape index (κ1) is 13.3. The molecule has 3 rings (SSSR count). The summed E-state index contributed by atoms with van der Waals surface area (Å²) in [5.74, 6) is 2.59. The van der Waals surface area contributed by atoms with E-state index in [0.717, 1.165) is 48.2 Å². The van der Waals surface area contributed by atoms with Crippen molar-refractivity contribution in [3.63, 3.8) is 0 Å². The lowest BCUT2D eigenvalue weighted by Crippen LogP contribution is -2.33. The molecule has 0 amide bonds. The molecule has 0 spiro atoms. The van der Waals surface area contributed by atoms with Gasteiger partial charge in [0.2, 0.25) is 0 Å². The molecule has 2 aromatic heterocycles. The van der Waals surface area contributed by atoms with Crippen LogP contribution < -0.4 is 5.32 Å². The predicted octanol–water partition coefficient (Wildman–Crippen LogP) is 1.64. The van der Waals surface area contributed by atoms with Gasteiger partial charge in [-0.1, -0.05) is 6.92 Å². The highest BCUT2D eigenvalue weighted by Gasteiger charge is 2.18. The molecule has 20 heavy (non-hydrogen) atoms. The minimum Gasteiger partial charge on any atom is -0.372 e. The summed E-state index contributed by atoms with van der Waals surface area (Å²) >= 11 is 0. The molecule has 2 aromatic rings. The Morgan fingerprint density at radius 2 is 2.05 bits per heavy atom. The van der Waals surface area contributed by atoms with Gasteiger partial charge in [0.1, 0.15) is 11.6 Å². The topological polar surface area (TPSA) is 58.9 Å². The minimum atomic E-state index is 0.822. The van der Waals surface area contributed by atoms with E-state index in [-0.39, 0.29) is 0 Å². The maximum Gasteiger partial charge on any atom is 0.163 e. The molecule has 0 radical (unpaired) electrons. The largest absolute Gasteiger partial charge is 0.372 e. The Bertz CT molecular complexity index is 597. The Hall–Kier alpha value is -1.69. The normalized spacial score (nSPS) is 17.8. The molecule has 0 unspecified atom stereocenters. The maximum absolute atomic E-state index is 4.66. The number of likely N-dealkylation sites (tertiary alicyclic amines) is 1. The first-order valence-electron chi connectivity index (χ1n) is 7.26. The molecule has 0 aromatic carbocycles. The summed E-state index contributed by atoms with van der Waals surface area (Å²) in [5, 5.41) is 8.39. The standard InChI is InChI=1S/C14H22N6/c1-10-4-6-20(7-5-10)9-12-17-13(15-2)11-8-16-19(3)14(11)18-12/h8,10H,4-7,9H2,1-3H3,(H,15,17,18). The molecule has 3 heterocycles. The van der Waals surface area contributed by atoms with Gasteiger partial charge in [0, 0.05) is 14.1 Å². The van der Waals surface area contributed by atoms with Gasteiger partial charge in [0.15, 0.2) is 5.65 Å². The Kier molecular flexibility index (Phi) is 3.56. The molecule has 0 atom stereocenters. The number of aryl methyl sites for hydroxylation is 1. The highest BCUT2D eigenvalue weighted by Crippen LogP contribution is 2.21. The summed E-state index contributed by atoms with van der Waals surface area (Å²) in [7, 11) is 3.81. The molecule has 1 fully saturated rings. The van der Waals surface area contributed by atoms with Gasteiger partial charge in [-0.05, 0) is 31.8 Å². The molecule has 6 nitrogen and oxygen atoms in total. The quantitative estimate of drug-likeness (QED) is 0.922. The molecule has 1 aliphatic heterocycles. The van der Waals surface area contributed by atoms with Crippen molar-refractivity contribution in [1.82, 2.24) is 24.6 Å². The van der Waals surface area contributed by atoms with E-state index in [4.69, 9.17) is 0 Å². The van der Waals surface area contributed by atoms with E-state index in [1.54, 1.807) is 4.68 Å². The van der Waals surface area contributed by atoms with Crippen LogP contribution in [0.5, 0.6) is 0 Å². The molecular formula is C14H22N6. The molecule has 6 heteroatoms. The molecular weight excluding hydrogens is 252 g/mol. The second-order valence-corrected chi connectivity index (χ2v) is 5.70. The van der Waals surface area contributed by atoms with E-state index < -0.39 is 0 Å². The lowest BCUT2D eigenvalue weighted by molar-refractivity contribution is 0.181. The molecule has 1 aliphatic rings. The van der Waals surface area contributed by atoms with E-state index in [0.29, 0.717) is 0 Å². The highest BCUT2D eigenvalue weighted by atomic mass is 15.3. The van der Waals surface area contributed by atoms with Crippen LogP contribution in [-0.2, 0) is 13.6 Å². The minimum absolute atomic E-state index is 0.822. The van der Waals surface area contributed by atoms with Gasteiger partial charge >= 0.3 is 0 Å². The van der Waals surface area contributed by atoms with Gasteiger partial charge in [0.05, 0.1) is 18.1 Å². The monoisotopic (exact) mass is 274 g/mol. The molecule has 108 valence electrons. The Labute approximate surface area is 119 Å². The third kappa shape index (κ3) is 2.47. The lowest BCUT2D eigenvalue weighted by Gasteiger charge is -2.29. The van der Waals surface area contributed by atoms with Crippen LogP contribution in [-0.4, -0.2) is 44.8 Å². The van der Waals surface area contributed by atoms with E-state index in [2.05, 4.69) is 32.2 Å². The molecule has 1 saturated heterocycles. The SMILES string of the molecule is CNc1nc(CN2CCC(C)CC2)nc2c1cnn2C. The number of nitrogens with zero attached hydrogens (tertiary/aromatic N) is 5. The fourth-order valence-corrected chi connectivity index (χ4v) is 2.75. The average molecular weight is 274 g/mol. The third-order valence-corrected chi connectivity index (χ3v) is 4.12. The zero-order chi connectivity index (χ0) is 14.1. The number of hydrogen-bond donors (Lipinski definition) is 1. The van der Waals surface area contributed by atoms with Crippen molar-refractivity contribution in [2.45, 2.75) is 26.3 Å². The van der Waals surface area contributed by atoms with Crippen molar-refractivity contribution >= 4 is 16.9 Å². The molecule has 0 saturated carbocycles. The number of aromatic nitrogens is 4. The van der Waals surface area contributed by atoms with Gasteiger partial charge in [-0.15, -0.1) is 0 Å². The summed E-state index contributed by atoms with van der Waals surface area (Å²) in [6.07, 6.45) is 4.35. The fourth-order valence-electron chi connectivity index (χ4n) is 2.75. The number of anilines is 1. The first-order valence-corrected chi connectivity index (χ1v) is 7.26. The van der Waals surface area contributed by atoms with Gasteiger partial charge < -0.3 is 5.32 Å². The van der Waals surface area contributed by atoms with Crippen LogP contribution in [0.15, 0.2) is 6.20 Å². The second kappa shape index (κ2) is 5.36. The van der Waals surface area contributed by atoms with Gasteiger partial charge in [-0.2, -0.15) is 5.10 Å². The maximum atomic E-state index is 4.66. The first-order chi connectivity index (χ1) is 9.67. The number of hydrogen-bond acceptors (Lipinski definition) is 5. The molecule has 0 aliphatic carbocycles. The van der Waals surface area contributed by atoms with Crippen molar-refractivity contribution in [3.05, 3.63) is 12.0 Å². The van der Waals surface area contributed by atoms with Gasteiger partial charge in [-0.3, -0.25) is 9.58 Å². The number of piperidine rings is 1. The number of nitrogens with one attached hydrogen (secondary N) is 1. The van der Waals surface area contributed by atoms with E-state index in [1.165, 1.54) is 12.8 Å². The summed E-state index contributed by atoms with van der Waals surface area (Å²) in [5.41, 5.74) is 0.893. The van der Waals surface area contributed by atoms with Crippen LogP contribution in [0.4, 0.5) is 5.82 Å². The second-order valence-electron chi connectivity index (χ2n) is 5.70. The van der Waals surface area contributed by atoms with Gasteiger partial charge in [0.25, 0.3) is 0 Å². The number of rotatable bonds is 3. The summed E-state index contributed by atoms with van der Waals surface area (Å²) in [4.78, 5) is 11.7. The molecule has 0 bridgehead atoms. The van der Waals surface area contributed by atoms with Crippen molar-refractivity contribution < 1.29 is 0 Å². The fraction of sp³-hybridized carbons (Fsp3) is 0.643. The van der Waals surface area contributed by atoms with E-state index >= 15 is 0 Å².